The second-order valence-electron chi connectivity index (χ2n) is 10.2. The van der Waals surface area contributed by atoms with Crippen LogP contribution in [-0.4, -0.2) is 60.8 Å². The lowest BCUT2D eigenvalue weighted by Gasteiger charge is -2.36. The number of piperazine rings is 1. The number of rotatable bonds is 6. The van der Waals surface area contributed by atoms with Crippen LogP contribution in [0.15, 0.2) is 54.9 Å². The molecule has 4 rings (SSSR count). The number of ether oxygens (including phenoxy) is 3. The van der Waals surface area contributed by atoms with Crippen molar-refractivity contribution >= 4 is 29.4 Å². The zero-order chi connectivity index (χ0) is 28.2. The van der Waals surface area contributed by atoms with Crippen LogP contribution in [0.5, 0.6) is 11.5 Å². The van der Waals surface area contributed by atoms with Gasteiger partial charge in [-0.1, -0.05) is 36.7 Å². The summed E-state index contributed by atoms with van der Waals surface area (Å²) < 4.78 is 16.7. The Balaban J connectivity index is 1.56. The second kappa shape index (κ2) is 11.9. The average Bonchev–Trinajstić information content (AvgIpc) is 2.92. The number of pyridine rings is 1. The average molecular weight is 552 g/mol. The van der Waals surface area contributed by atoms with E-state index < -0.39 is 11.6 Å². The van der Waals surface area contributed by atoms with Gasteiger partial charge in [0.25, 0.3) is 0 Å². The fourth-order valence-electron chi connectivity index (χ4n) is 4.48. The van der Waals surface area contributed by atoms with Crippen LogP contribution in [0, 0.1) is 0 Å². The van der Waals surface area contributed by atoms with Crippen LogP contribution in [0.3, 0.4) is 0 Å². The highest BCUT2D eigenvalue weighted by Crippen LogP contribution is 2.39. The van der Waals surface area contributed by atoms with Gasteiger partial charge in [-0.15, -0.1) is 0 Å². The lowest BCUT2D eigenvalue weighted by molar-refractivity contribution is 0.0240. The number of benzene rings is 2. The fourth-order valence-corrected chi connectivity index (χ4v) is 4.72. The van der Waals surface area contributed by atoms with Crippen molar-refractivity contribution < 1.29 is 23.8 Å². The highest BCUT2D eigenvalue weighted by Gasteiger charge is 2.26. The largest absolute Gasteiger partial charge is 0.465 e. The van der Waals surface area contributed by atoms with Gasteiger partial charge in [0.1, 0.15) is 16.9 Å². The van der Waals surface area contributed by atoms with Crippen LogP contribution in [-0.2, 0) is 15.9 Å². The molecule has 1 saturated heterocycles. The summed E-state index contributed by atoms with van der Waals surface area (Å²) in [6, 6.07) is 13.3. The fraction of sp³-hybridized carbons (Fsp3) is 0.367. The van der Waals surface area contributed by atoms with Crippen LogP contribution >= 0.6 is 11.6 Å². The van der Waals surface area contributed by atoms with Gasteiger partial charge in [-0.3, -0.25) is 4.98 Å². The van der Waals surface area contributed by atoms with E-state index in [0.29, 0.717) is 37.7 Å². The number of methoxy groups -OCH3 is 1. The molecule has 0 unspecified atom stereocenters. The molecule has 1 aromatic heterocycles. The van der Waals surface area contributed by atoms with Crippen LogP contribution in [0.2, 0.25) is 5.02 Å². The zero-order valence-electron chi connectivity index (χ0n) is 23.0. The molecule has 206 valence electrons. The predicted molar refractivity (Wildman–Crippen MR) is 152 cm³/mol. The number of aromatic nitrogens is 1. The number of aryl methyl sites for hydroxylation is 1. The van der Waals surface area contributed by atoms with Gasteiger partial charge in [-0.05, 0) is 62.6 Å². The van der Waals surface area contributed by atoms with E-state index in [1.165, 1.54) is 7.11 Å². The van der Waals surface area contributed by atoms with Crippen molar-refractivity contribution in [1.82, 2.24) is 9.88 Å². The number of halogens is 1. The van der Waals surface area contributed by atoms with Crippen molar-refractivity contribution in [1.29, 1.82) is 0 Å². The molecule has 39 heavy (non-hydrogen) atoms. The van der Waals surface area contributed by atoms with E-state index >= 15 is 0 Å². The Morgan fingerprint density at radius 3 is 2.28 bits per heavy atom. The first-order valence-corrected chi connectivity index (χ1v) is 13.3. The van der Waals surface area contributed by atoms with Gasteiger partial charge in [-0.25, -0.2) is 9.59 Å². The summed E-state index contributed by atoms with van der Waals surface area (Å²) in [5, 5.41) is 0.247. The van der Waals surface area contributed by atoms with Crippen LogP contribution in [0.4, 0.5) is 10.5 Å². The Labute approximate surface area is 234 Å². The van der Waals surface area contributed by atoms with Crippen molar-refractivity contribution in [3.8, 4) is 22.6 Å². The third-order valence-electron chi connectivity index (χ3n) is 6.41. The number of esters is 1. The summed E-state index contributed by atoms with van der Waals surface area (Å²) in [6.45, 7) is 10.3. The number of nitrogens with zero attached hydrogens (tertiary/aromatic N) is 3. The Kier molecular flexibility index (Phi) is 8.65. The number of hydrogen-bond acceptors (Lipinski definition) is 7. The first kappa shape index (κ1) is 28.2. The number of anilines is 1. The van der Waals surface area contributed by atoms with E-state index in [4.69, 9.17) is 25.8 Å². The van der Waals surface area contributed by atoms with Crippen molar-refractivity contribution in [2.45, 2.75) is 39.7 Å². The normalized spacial score (nSPS) is 13.7. The van der Waals surface area contributed by atoms with E-state index in [1.54, 1.807) is 29.3 Å². The molecule has 0 aliphatic carbocycles. The van der Waals surface area contributed by atoms with E-state index in [9.17, 15) is 9.59 Å². The monoisotopic (exact) mass is 551 g/mol. The van der Waals surface area contributed by atoms with Gasteiger partial charge < -0.3 is 24.0 Å². The summed E-state index contributed by atoms with van der Waals surface area (Å²) in [7, 11) is 1.30. The minimum Gasteiger partial charge on any atom is -0.465 e. The Morgan fingerprint density at radius 2 is 1.67 bits per heavy atom. The Bertz CT molecular complexity index is 1330. The minimum absolute atomic E-state index is 0.162. The van der Waals surface area contributed by atoms with Gasteiger partial charge in [0.2, 0.25) is 0 Å². The minimum atomic E-state index is -0.576. The molecule has 0 N–H and O–H groups in total. The van der Waals surface area contributed by atoms with E-state index in [2.05, 4.69) is 41.1 Å². The molecule has 1 aliphatic rings. The number of carbonyl (C=O) groups is 2. The van der Waals surface area contributed by atoms with Crippen molar-refractivity contribution in [3.63, 3.8) is 0 Å². The molecule has 2 aromatic carbocycles. The molecule has 1 aliphatic heterocycles. The van der Waals surface area contributed by atoms with Gasteiger partial charge in [0, 0.05) is 43.6 Å². The molecule has 0 spiro atoms. The van der Waals surface area contributed by atoms with E-state index in [-0.39, 0.29) is 16.7 Å². The maximum absolute atomic E-state index is 12.4. The highest BCUT2D eigenvalue weighted by molar-refractivity contribution is 6.34. The third-order valence-corrected chi connectivity index (χ3v) is 6.72. The molecule has 1 fully saturated rings. The number of amides is 1. The van der Waals surface area contributed by atoms with Crippen molar-refractivity contribution in [2.75, 3.05) is 38.2 Å². The summed E-state index contributed by atoms with van der Waals surface area (Å²) in [6.07, 6.45) is 3.93. The van der Waals surface area contributed by atoms with Crippen molar-refractivity contribution in [3.05, 3.63) is 71.0 Å². The molecule has 3 aromatic rings. The highest BCUT2D eigenvalue weighted by atomic mass is 35.5. The zero-order valence-corrected chi connectivity index (χ0v) is 23.7. The summed E-state index contributed by atoms with van der Waals surface area (Å²) >= 11 is 6.30. The van der Waals surface area contributed by atoms with Gasteiger partial charge in [0.05, 0.1) is 18.3 Å². The Morgan fingerprint density at radius 1 is 0.974 bits per heavy atom. The molecule has 8 nitrogen and oxygen atoms in total. The lowest BCUT2D eigenvalue weighted by Crippen LogP contribution is -2.50. The predicted octanol–water partition coefficient (Wildman–Crippen LogP) is 6.60. The molecule has 2 heterocycles. The van der Waals surface area contributed by atoms with Crippen LogP contribution in [0.1, 0.15) is 43.6 Å². The van der Waals surface area contributed by atoms with Gasteiger partial charge >= 0.3 is 12.1 Å². The third kappa shape index (κ3) is 6.63. The molecule has 0 radical (unpaired) electrons. The standard InChI is InChI=1S/C30H34ClN3O5/c1-6-20-18-32-19-25(38-24-9-7-8-23(31)27(24)28(35)37-5)26(20)21-10-12-22(13-11-21)33-14-16-34(17-15-33)29(36)39-30(2,3)4/h7-13,18-19H,6,14-17H2,1-5H3. The topological polar surface area (TPSA) is 81.2 Å². The second-order valence-corrected chi connectivity index (χ2v) is 10.6. The van der Waals surface area contributed by atoms with Crippen LogP contribution in [0.25, 0.3) is 11.1 Å². The summed E-state index contributed by atoms with van der Waals surface area (Å²) in [5.41, 5.74) is 3.58. The molecule has 0 atom stereocenters. The maximum Gasteiger partial charge on any atom is 0.410 e. The van der Waals surface area contributed by atoms with Crippen LogP contribution < -0.4 is 9.64 Å². The van der Waals surface area contributed by atoms with E-state index in [0.717, 1.165) is 28.8 Å². The molecule has 9 heteroatoms. The molecular formula is C30H34ClN3O5. The number of hydrogen-bond donors (Lipinski definition) is 0. The number of carbonyl (C=O) groups excluding carboxylic acids is 2. The quantitative estimate of drug-likeness (QED) is 0.319. The SMILES string of the molecule is CCc1cncc(Oc2cccc(Cl)c2C(=O)OC)c1-c1ccc(N2CCN(C(=O)OC(C)(C)C)CC2)cc1. The van der Waals surface area contributed by atoms with E-state index in [1.807, 2.05) is 27.0 Å². The molecule has 0 saturated carbocycles. The summed E-state index contributed by atoms with van der Waals surface area (Å²) in [4.78, 5) is 33.2. The lowest BCUT2D eigenvalue weighted by atomic mass is 9.98. The van der Waals surface area contributed by atoms with Gasteiger partial charge in [0.15, 0.2) is 5.75 Å². The Hall–Kier alpha value is -3.78. The smallest absolute Gasteiger partial charge is 0.410 e. The molecule has 0 bridgehead atoms. The molecule has 1 amide bonds. The first-order valence-electron chi connectivity index (χ1n) is 13.0. The van der Waals surface area contributed by atoms with Crippen molar-refractivity contribution in [2.24, 2.45) is 0 Å². The molecular weight excluding hydrogens is 518 g/mol. The summed E-state index contributed by atoms with van der Waals surface area (Å²) in [5.74, 6) is 0.235. The maximum atomic E-state index is 12.4. The van der Waals surface area contributed by atoms with Gasteiger partial charge in [-0.2, -0.15) is 0 Å². The first-order chi connectivity index (χ1) is 18.6.